The van der Waals surface area contributed by atoms with Crippen molar-refractivity contribution in [2.75, 3.05) is 121 Å². The molecule has 0 saturated carbocycles. The van der Waals surface area contributed by atoms with Gasteiger partial charge in [0.2, 0.25) is 0 Å². The zero-order chi connectivity index (χ0) is 32.4. The van der Waals surface area contributed by atoms with Gasteiger partial charge in [-0.15, -0.1) is 0 Å². The predicted molar refractivity (Wildman–Crippen MR) is 180 cm³/mol. The van der Waals surface area contributed by atoms with Crippen molar-refractivity contribution >= 4 is 12.1 Å². The number of likely N-dealkylation sites (N-methyl/N-ethyl adjacent to an activating group) is 1. The molecule has 0 radical (unpaired) electrons. The summed E-state index contributed by atoms with van der Waals surface area (Å²) < 4.78 is 11.0. The van der Waals surface area contributed by atoms with Crippen LogP contribution in [0.1, 0.15) is 39.5 Å². The summed E-state index contributed by atoms with van der Waals surface area (Å²) in [5, 5.41) is 17.5. The van der Waals surface area contributed by atoms with Gasteiger partial charge in [0.1, 0.15) is 5.82 Å². The Balaban J connectivity index is 0.00000104. The van der Waals surface area contributed by atoms with E-state index in [1.54, 1.807) is 6.92 Å². The van der Waals surface area contributed by atoms with Gasteiger partial charge in [0.25, 0.3) is 5.91 Å². The van der Waals surface area contributed by atoms with E-state index in [1.165, 1.54) is 6.21 Å². The van der Waals surface area contributed by atoms with Crippen molar-refractivity contribution in [2.24, 2.45) is 5.41 Å². The Morgan fingerprint density at radius 2 is 1.50 bits per heavy atom. The Morgan fingerprint density at radius 1 is 0.955 bits per heavy atom. The number of carbonyl (C=O) groups excluding carboxylic acids is 1. The van der Waals surface area contributed by atoms with Crippen molar-refractivity contribution in [3.63, 3.8) is 0 Å². The van der Waals surface area contributed by atoms with Crippen LogP contribution in [0.15, 0.2) is 23.0 Å². The van der Waals surface area contributed by atoms with Crippen LogP contribution >= 0.6 is 0 Å². The molecule has 4 rings (SSSR count). The minimum absolute atomic E-state index is 0.0246. The van der Waals surface area contributed by atoms with Crippen molar-refractivity contribution in [1.29, 1.82) is 5.41 Å². The smallest absolute Gasteiger partial charge is 0.255 e. The lowest BCUT2D eigenvalue weighted by atomic mass is 9.77. The molecular formula is C32H63N9O3. The van der Waals surface area contributed by atoms with Gasteiger partial charge < -0.3 is 40.6 Å². The van der Waals surface area contributed by atoms with Gasteiger partial charge in [-0.1, -0.05) is 5.57 Å². The summed E-state index contributed by atoms with van der Waals surface area (Å²) in [6.45, 7) is 16.2. The summed E-state index contributed by atoms with van der Waals surface area (Å²) in [5.74, 6) is 0.982. The molecule has 0 aromatic carbocycles. The van der Waals surface area contributed by atoms with E-state index in [9.17, 15) is 4.79 Å². The first-order valence-corrected chi connectivity index (χ1v) is 16.4. The number of rotatable bonds is 11. The van der Waals surface area contributed by atoms with Crippen molar-refractivity contribution in [1.82, 2.24) is 41.1 Å². The Hall–Kier alpha value is -2.06. The first kappa shape index (κ1) is 38.1. The summed E-state index contributed by atoms with van der Waals surface area (Å²) in [5.41, 5.74) is 5.49. The van der Waals surface area contributed by atoms with Gasteiger partial charge in [0.15, 0.2) is 0 Å². The van der Waals surface area contributed by atoms with Gasteiger partial charge in [-0.3, -0.25) is 14.7 Å². The second-order valence-corrected chi connectivity index (χ2v) is 12.4. The standard InChI is InChI=1S/C28H51N7O3.C2H7N.C2H5N/c1-23(20-29-2)19-25(27(32(4)30-3)35-11-7-28(8-12-35)21-38-22-28)26(36)31-24-5-9-33(10-6-24)13-14-34-15-17-37-18-16-34;1-3-2;1-2-3/h19,24,29-30H,5-18,20-22H2,1-4H3,(H,31,36);3H,1-2H3;2-3H,1H3/b23-19+,27-25-;;. The lowest BCUT2D eigenvalue weighted by Gasteiger charge is -2.49. The molecule has 4 heterocycles. The Morgan fingerprint density at radius 3 is 1.98 bits per heavy atom. The van der Waals surface area contributed by atoms with E-state index in [1.807, 2.05) is 40.2 Å². The highest BCUT2D eigenvalue weighted by Crippen LogP contribution is 2.39. The van der Waals surface area contributed by atoms with Crippen LogP contribution in [-0.4, -0.2) is 158 Å². The molecule has 1 amide bonds. The summed E-state index contributed by atoms with van der Waals surface area (Å²) >= 11 is 0. The van der Waals surface area contributed by atoms with Crippen LogP contribution in [-0.2, 0) is 14.3 Å². The molecule has 4 aliphatic rings. The van der Waals surface area contributed by atoms with Gasteiger partial charge in [-0.2, -0.15) is 0 Å². The lowest BCUT2D eigenvalue weighted by molar-refractivity contribution is -0.139. The minimum Gasteiger partial charge on any atom is -0.380 e. The van der Waals surface area contributed by atoms with Crippen molar-refractivity contribution in [3.05, 3.63) is 23.0 Å². The van der Waals surface area contributed by atoms with Crippen LogP contribution in [0.5, 0.6) is 0 Å². The highest BCUT2D eigenvalue weighted by molar-refractivity contribution is 5.97. The van der Waals surface area contributed by atoms with Crippen LogP contribution < -0.4 is 21.4 Å². The van der Waals surface area contributed by atoms with Crippen LogP contribution in [0.3, 0.4) is 0 Å². The molecule has 0 aromatic rings. The number of hydrazine groups is 1. The quantitative estimate of drug-likeness (QED) is 0.0987. The molecule has 12 nitrogen and oxygen atoms in total. The monoisotopic (exact) mass is 622 g/mol. The molecule has 0 aromatic heterocycles. The van der Waals surface area contributed by atoms with Gasteiger partial charge in [-0.25, -0.2) is 5.43 Å². The van der Waals surface area contributed by atoms with Gasteiger partial charge in [-0.05, 0) is 73.0 Å². The summed E-state index contributed by atoms with van der Waals surface area (Å²) in [4.78, 5) is 21.3. The number of amides is 1. The summed E-state index contributed by atoms with van der Waals surface area (Å²) in [7, 11) is 9.62. The number of ether oxygens (including phenoxy) is 2. The number of morpholine rings is 1. The fraction of sp³-hybridized carbons (Fsp3) is 0.812. The first-order chi connectivity index (χ1) is 21.3. The molecule has 44 heavy (non-hydrogen) atoms. The molecule has 1 spiro atoms. The second kappa shape index (κ2) is 20.9. The largest absolute Gasteiger partial charge is 0.380 e. The number of nitrogens with one attached hydrogen (secondary N) is 5. The van der Waals surface area contributed by atoms with Crippen LogP contribution in [0.25, 0.3) is 0 Å². The zero-order valence-corrected chi connectivity index (χ0v) is 28.8. The topological polar surface area (TPSA) is 120 Å². The van der Waals surface area contributed by atoms with E-state index in [0.717, 1.165) is 128 Å². The third-order valence-corrected chi connectivity index (χ3v) is 8.68. The van der Waals surface area contributed by atoms with Gasteiger partial charge in [0, 0.05) is 84.5 Å². The molecule has 12 heteroatoms. The van der Waals surface area contributed by atoms with E-state index < -0.39 is 0 Å². The highest BCUT2D eigenvalue weighted by Gasteiger charge is 2.42. The normalized spacial score (nSPS) is 21.6. The number of piperidine rings is 2. The maximum atomic E-state index is 13.9. The Labute approximate surface area is 267 Å². The molecule has 4 saturated heterocycles. The third-order valence-electron chi connectivity index (χ3n) is 8.68. The van der Waals surface area contributed by atoms with Gasteiger partial charge >= 0.3 is 0 Å². The second-order valence-electron chi connectivity index (χ2n) is 12.4. The summed E-state index contributed by atoms with van der Waals surface area (Å²) in [6.07, 6.45) is 7.51. The molecule has 0 bridgehead atoms. The lowest BCUT2D eigenvalue weighted by Crippen LogP contribution is -2.53. The van der Waals surface area contributed by atoms with Crippen LogP contribution in [0, 0.1) is 10.8 Å². The Kier molecular flexibility index (Phi) is 18.1. The summed E-state index contributed by atoms with van der Waals surface area (Å²) in [6, 6.07) is 0.202. The molecule has 5 N–H and O–H groups in total. The molecule has 0 atom stereocenters. The molecule has 4 fully saturated rings. The molecule has 254 valence electrons. The molecule has 4 aliphatic heterocycles. The third kappa shape index (κ3) is 12.4. The van der Waals surface area contributed by atoms with Crippen molar-refractivity contribution in [3.8, 4) is 0 Å². The minimum atomic E-state index is 0.0246. The number of hydrogen-bond donors (Lipinski definition) is 5. The van der Waals surface area contributed by atoms with E-state index >= 15 is 0 Å². The zero-order valence-electron chi connectivity index (χ0n) is 28.8. The predicted octanol–water partition coefficient (Wildman–Crippen LogP) is 0.947. The Bertz CT molecular complexity index is 885. The van der Waals surface area contributed by atoms with Crippen molar-refractivity contribution < 1.29 is 14.3 Å². The average Bonchev–Trinajstić information content (AvgIpc) is 3.01. The fourth-order valence-corrected chi connectivity index (χ4v) is 6.02. The number of hydrogen-bond acceptors (Lipinski definition) is 11. The average molecular weight is 622 g/mol. The highest BCUT2D eigenvalue weighted by atomic mass is 16.5. The van der Waals surface area contributed by atoms with E-state index in [0.29, 0.717) is 5.41 Å². The first-order valence-electron chi connectivity index (χ1n) is 16.4. The van der Waals surface area contributed by atoms with Gasteiger partial charge in [0.05, 0.1) is 32.0 Å². The molecule has 0 aliphatic carbocycles. The van der Waals surface area contributed by atoms with E-state index in [4.69, 9.17) is 14.9 Å². The van der Waals surface area contributed by atoms with E-state index in [2.05, 4.69) is 49.1 Å². The maximum Gasteiger partial charge on any atom is 0.255 e. The number of carbonyl (C=O) groups is 1. The SMILES string of the molecule is CC=N.CNC.CNC/C(C)=C/C(C(=O)NC1CCN(CCN2CCOCC2)CC1)=C(/N1CCC2(CC1)COC2)N(C)NC. The molecule has 0 unspecified atom stereocenters. The number of nitrogens with zero attached hydrogens (tertiary/aromatic N) is 4. The van der Waals surface area contributed by atoms with Crippen LogP contribution in [0.2, 0.25) is 0 Å². The van der Waals surface area contributed by atoms with E-state index in [-0.39, 0.29) is 11.9 Å². The molecular weight excluding hydrogens is 558 g/mol. The van der Waals surface area contributed by atoms with Crippen LogP contribution in [0.4, 0.5) is 0 Å². The van der Waals surface area contributed by atoms with Crippen molar-refractivity contribution in [2.45, 2.75) is 45.6 Å². The maximum absolute atomic E-state index is 13.9. The fourth-order valence-electron chi connectivity index (χ4n) is 6.02. The number of likely N-dealkylation sites (tertiary alicyclic amines) is 2.